The van der Waals surface area contributed by atoms with Gasteiger partial charge in [0, 0.05) is 5.56 Å². The van der Waals surface area contributed by atoms with E-state index in [0.29, 0.717) is 12.8 Å². The maximum atomic E-state index is 12.9. The van der Waals surface area contributed by atoms with Crippen LogP contribution in [0, 0.1) is 0 Å². The minimum atomic E-state index is -4.60. The molecule has 0 heterocycles. The molecule has 0 atom stereocenters. The Morgan fingerprint density at radius 1 is 1.19 bits per heavy atom. The minimum Gasteiger partial charge on any atom is -0.506 e. The van der Waals surface area contributed by atoms with Crippen molar-refractivity contribution < 1.29 is 28.2 Å². The number of phenolic OH excluding ortho intramolecular Hbond substituents is 1. The summed E-state index contributed by atoms with van der Waals surface area (Å²) in [6, 6.07) is 1.52. The fourth-order valence-electron chi connectivity index (χ4n) is 2.88. The highest BCUT2D eigenvalue weighted by Gasteiger charge is 2.45. The number of hydrogen-bond acceptors (Lipinski definition) is 2. The van der Waals surface area contributed by atoms with Crippen molar-refractivity contribution in [2.24, 2.45) is 0 Å². The van der Waals surface area contributed by atoms with E-state index >= 15 is 0 Å². The van der Waals surface area contributed by atoms with Crippen molar-refractivity contribution >= 4 is 21.9 Å². The summed E-state index contributed by atoms with van der Waals surface area (Å²) in [6.45, 7) is 0. The van der Waals surface area contributed by atoms with E-state index in [-0.39, 0.29) is 22.9 Å². The molecule has 0 bridgehead atoms. The molecule has 0 radical (unpaired) electrons. The molecule has 0 aliphatic heterocycles. The Balaban J connectivity index is 2.65. The summed E-state index contributed by atoms with van der Waals surface area (Å²) in [5, 5.41) is 19.6. The van der Waals surface area contributed by atoms with Crippen molar-refractivity contribution in [1.29, 1.82) is 0 Å². The molecule has 1 aliphatic carbocycles. The fourth-order valence-corrected chi connectivity index (χ4v) is 3.34. The third-order valence-electron chi connectivity index (χ3n) is 4.02. The second kappa shape index (κ2) is 5.51. The smallest absolute Gasteiger partial charge is 0.416 e. The molecule has 1 aromatic rings. The first-order valence-corrected chi connectivity index (χ1v) is 7.31. The molecule has 21 heavy (non-hydrogen) atoms. The van der Waals surface area contributed by atoms with Crippen molar-refractivity contribution in [1.82, 2.24) is 0 Å². The number of aromatic hydroxyl groups is 1. The summed E-state index contributed by atoms with van der Waals surface area (Å²) < 4.78 is 38.6. The van der Waals surface area contributed by atoms with E-state index in [0.717, 1.165) is 18.6 Å². The molecular weight excluding hydrogens is 353 g/mol. The quantitative estimate of drug-likeness (QED) is 0.812. The minimum absolute atomic E-state index is 0.140. The summed E-state index contributed by atoms with van der Waals surface area (Å²) >= 11 is 2.89. The summed E-state index contributed by atoms with van der Waals surface area (Å²) in [4.78, 5) is 11.7. The van der Waals surface area contributed by atoms with Gasteiger partial charge in [0.15, 0.2) is 0 Å². The van der Waals surface area contributed by atoms with Crippen LogP contribution in [0.1, 0.15) is 43.2 Å². The van der Waals surface area contributed by atoms with Crippen LogP contribution in [0.4, 0.5) is 13.2 Å². The average molecular weight is 367 g/mol. The highest BCUT2D eigenvalue weighted by atomic mass is 79.9. The van der Waals surface area contributed by atoms with Gasteiger partial charge in [-0.05, 0) is 40.9 Å². The number of hydrogen-bond donors (Lipinski definition) is 2. The lowest BCUT2D eigenvalue weighted by Gasteiger charge is -2.34. The van der Waals surface area contributed by atoms with Gasteiger partial charge < -0.3 is 10.2 Å². The van der Waals surface area contributed by atoms with E-state index < -0.39 is 28.9 Å². The fraction of sp³-hybridized carbons (Fsp3) is 0.500. The van der Waals surface area contributed by atoms with Gasteiger partial charge in [0.2, 0.25) is 0 Å². The van der Waals surface area contributed by atoms with E-state index in [4.69, 9.17) is 0 Å². The molecule has 2 N–H and O–H groups in total. The molecule has 2 rings (SSSR count). The normalized spacial score (nSPS) is 18.5. The number of phenols is 1. The second-order valence-electron chi connectivity index (χ2n) is 5.30. The topological polar surface area (TPSA) is 57.5 Å². The Bertz CT molecular complexity index is 563. The number of carboxylic acid groups (broad SMARTS) is 1. The van der Waals surface area contributed by atoms with Crippen LogP contribution < -0.4 is 0 Å². The molecule has 7 heteroatoms. The van der Waals surface area contributed by atoms with Crippen LogP contribution in [0.5, 0.6) is 5.75 Å². The zero-order chi connectivity index (χ0) is 15.8. The van der Waals surface area contributed by atoms with Crippen molar-refractivity contribution in [3.8, 4) is 5.75 Å². The Labute approximate surface area is 127 Å². The van der Waals surface area contributed by atoms with Crippen molar-refractivity contribution in [3.63, 3.8) is 0 Å². The number of aliphatic carboxylic acids is 1. The summed E-state index contributed by atoms with van der Waals surface area (Å²) in [6.07, 6.45) is -2.08. The lowest BCUT2D eigenvalue weighted by molar-refractivity contribution is -0.146. The first-order valence-electron chi connectivity index (χ1n) is 6.52. The zero-order valence-electron chi connectivity index (χ0n) is 11.0. The number of carbonyl (C=O) groups is 1. The molecule has 1 aromatic carbocycles. The lowest BCUT2D eigenvalue weighted by Crippen LogP contribution is -2.38. The number of carboxylic acids is 1. The number of benzene rings is 1. The van der Waals surface area contributed by atoms with Gasteiger partial charge >= 0.3 is 12.1 Å². The number of halogens is 4. The lowest BCUT2D eigenvalue weighted by atomic mass is 9.69. The van der Waals surface area contributed by atoms with Gasteiger partial charge in [-0.3, -0.25) is 4.79 Å². The Morgan fingerprint density at radius 3 is 2.24 bits per heavy atom. The molecule has 0 amide bonds. The zero-order valence-corrected chi connectivity index (χ0v) is 12.6. The van der Waals surface area contributed by atoms with Crippen LogP contribution >= 0.6 is 15.9 Å². The molecule has 0 saturated heterocycles. The molecule has 0 spiro atoms. The molecule has 1 fully saturated rings. The third-order valence-corrected chi connectivity index (χ3v) is 4.63. The van der Waals surface area contributed by atoms with E-state index in [1.807, 2.05) is 0 Å². The molecule has 116 valence electrons. The largest absolute Gasteiger partial charge is 0.506 e. The second-order valence-corrected chi connectivity index (χ2v) is 6.15. The standard InChI is InChI=1S/C14H14BrF3O3/c15-10-7-8(14(16,17)18)6-9(11(10)19)13(12(20)21)4-2-1-3-5-13/h6-7,19H,1-5H2,(H,20,21). The van der Waals surface area contributed by atoms with E-state index in [1.54, 1.807) is 0 Å². The van der Waals surface area contributed by atoms with Crippen LogP contribution in [-0.4, -0.2) is 16.2 Å². The maximum Gasteiger partial charge on any atom is 0.416 e. The Morgan fingerprint density at radius 2 is 1.76 bits per heavy atom. The van der Waals surface area contributed by atoms with Gasteiger partial charge in [-0.1, -0.05) is 19.3 Å². The van der Waals surface area contributed by atoms with E-state index in [1.165, 1.54) is 0 Å². The van der Waals surface area contributed by atoms with Crippen LogP contribution in [-0.2, 0) is 16.4 Å². The highest BCUT2D eigenvalue weighted by Crippen LogP contribution is 2.47. The summed E-state index contributed by atoms with van der Waals surface area (Å²) in [5.74, 6) is -1.61. The van der Waals surface area contributed by atoms with E-state index in [9.17, 15) is 28.2 Å². The monoisotopic (exact) mass is 366 g/mol. The summed E-state index contributed by atoms with van der Waals surface area (Å²) in [5.41, 5.74) is -2.57. The van der Waals surface area contributed by atoms with Crippen LogP contribution in [0.3, 0.4) is 0 Å². The van der Waals surface area contributed by atoms with Gasteiger partial charge in [0.1, 0.15) is 5.75 Å². The molecular formula is C14H14BrF3O3. The molecule has 0 unspecified atom stereocenters. The van der Waals surface area contributed by atoms with Crippen LogP contribution in [0.2, 0.25) is 0 Å². The first kappa shape index (κ1) is 16.1. The Kier molecular flexibility index (Phi) is 4.24. The molecule has 0 aromatic heterocycles. The van der Waals surface area contributed by atoms with Gasteiger partial charge in [0.25, 0.3) is 0 Å². The third kappa shape index (κ3) is 2.88. The van der Waals surface area contributed by atoms with Crippen LogP contribution in [0.25, 0.3) is 0 Å². The maximum absolute atomic E-state index is 12.9. The number of alkyl halides is 3. The highest BCUT2D eigenvalue weighted by molar-refractivity contribution is 9.10. The predicted octanol–water partition coefficient (Wildman–Crippen LogP) is 4.46. The average Bonchev–Trinajstić information content (AvgIpc) is 2.41. The predicted molar refractivity (Wildman–Crippen MR) is 73.2 cm³/mol. The molecule has 1 saturated carbocycles. The molecule has 1 aliphatic rings. The Hall–Kier alpha value is -1.24. The summed E-state index contributed by atoms with van der Waals surface area (Å²) in [7, 11) is 0. The van der Waals surface area contributed by atoms with E-state index in [2.05, 4.69) is 15.9 Å². The number of rotatable bonds is 2. The van der Waals surface area contributed by atoms with Gasteiger partial charge in [-0.25, -0.2) is 0 Å². The first-order chi connectivity index (χ1) is 9.68. The van der Waals surface area contributed by atoms with Crippen LogP contribution in [0.15, 0.2) is 16.6 Å². The van der Waals surface area contributed by atoms with Crippen molar-refractivity contribution in [2.75, 3.05) is 0 Å². The van der Waals surface area contributed by atoms with Crippen molar-refractivity contribution in [2.45, 2.75) is 43.7 Å². The van der Waals surface area contributed by atoms with Gasteiger partial charge in [0.05, 0.1) is 15.5 Å². The SMILES string of the molecule is O=C(O)C1(c2cc(C(F)(F)F)cc(Br)c2O)CCCCC1. The van der Waals surface area contributed by atoms with Gasteiger partial charge in [-0.15, -0.1) is 0 Å². The van der Waals surface area contributed by atoms with Crippen molar-refractivity contribution in [3.05, 3.63) is 27.7 Å². The van der Waals surface area contributed by atoms with Gasteiger partial charge in [-0.2, -0.15) is 13.2 Å². The molecule has 3 nitrogen and oxygen atoms in total.